The Kier molecular flexibility index (Phi) is 5.22. The van der Waals surface area contributed by atoms with Crippen molar-refractivity contribution in [3.8, 4) is 5.75 Å². The Morgan fingerprint density at radius 2 is 2.12 bits per heavy atom. The van der Waals surface area contributed by atoms with Crippen molar-refractivity contribution in [3.05, 3.63) is 41.5 Å². The molecule has 2 heterocycles. The van der Waals surface area contributed by atoms with E-state index in [2.05, 4.69) is 28.0 Å². The largest absolute Gasteiger partial charge is 0.493 e. The molecule has 140 valence electrons. The van der Waals surface area contributed by atoms with Crippen molar-refractivity contribution in [2.45, 2.75) is 50.7 Å². The summed E-state index contributed by atoms with van der Waals surface area (Å²) in [6, 6.07) is 8.28. The summed E-state index contributed by atoms with van der Waals surface area (Å²) < 4.78 is 17.1. The summed E-state index contributed by atoms with van der Waals surface area (Å²) in [5, 5.41) is 4.18. The summed E-state index contributed by atoms with van der Waals surface area (Å²) >= 11 is 0. The fraction of sp³-hybridized carbons (Fsp3) is 0.600. The molecule has 1 aromatic carbocycles. The zero-order chi connectivity index (χ0) is 17.9. The zero-order valence-electron chi connectivity index (χ0n) is 15.6. The van der Waals surface area contributed by atoms with Crippen molar-refractivity contribution >= 4 is 0 Å². The third-order valence-electron chi connectivity index (χ3n) is 5.32. The molecule has 0 bridgehead atoms. The van der Waals surface area contributed by atoms with Crippen LogP contribution in [0.1, 0.15) is 54.9 Å². The van der Waals surface area contributed by atoms with Crippen LogP contribution in [0.15, 0.2) is 28.8 Å². The average molecular weight is 357 g/mol. The summed E-state index contributed by atoms with van der Waals surface area (Å²) in [7, 11) is 1.77. The lowest BCUT2D eigenvalue weighted by atomic mass is 10.2. The third-order valence-corrected chi connectivity index (χ3v) is 5.32. The average Bonchev–Trinajstić information content (AvgIpc) is 3.24. The van der Waals surface area contributed by atoms with Gasteiger partial charge in [-0.2, -0.15) is 4.98 Å². The number of benzene rings is 1. The van der Waals surface area contributed by atoms with E-state index in [-0.39, 0.29) is 12.1 Å². The number of likely N-dealkylation sites (tertiary alicyclic amines) is 1. The van der Waals surface area contributed by atoms with E-state index in [1.807, 2.05) is 18.2 Å². The van der Waals surface area contributed by atoms with Gasteiger partial charge in [0.2, 0.25) is 5.89 Å². The van der Waals surface area contributed by atoms with E-state index in [1.165, 1.54) is 18.4 Å². The molecule has 0 unspecified atom stereocenters. The molecule has 4 rings (SSSR count). The summed E-state index contributed by atoms with van der Waals surface area (Å²) in [6.07, 6.45) is 4.44. The van der Waals surface area contributed by atoms with Crippen molar-refractivity contribution < 1.29 is 14.0 Å². The molecule has 1 saturated heterocycles. The van der Waals surface area contributed by atoms with E-state index in [4.69, 9.17) is 14.0 Å². The summed E-state index contributed by atoms with van der Waals surface area (Å²) in [5.41, 5.74) is 1.17. The molecule has 2 atom stereocenters. The number of rotatable bonds is 8. The smallest absolute Gasteiger partial charge is 0.244 e. The van der Waals surface area contributed by atoms with E-state index in [9.17, 15) is 0 Å². The molecule has 6 heteroatoms. The van der Waals surface area contributed by atoms with Crippen molar-refractivity contribution in [3.63, 3.8) is 0 Å². The number of ether oxygens (including phenoxy) is 2. The minimum absolute atomic E-state index is 0.151. The molecule has 1 aliphatic heterocycles. The lowest BCUT2D eigenvalue weighted by molar-refractivity contribution is 0.107. The van der Waals surface area contributed by atoms with Gasteiger partial charge in [0.15, 0.2) is 5.82 Å². The molecular formula is C20H27N3O3. The molecule has 0 radical (unpaired) electrons. The fourth-order valence-corrected chi connectivity index (χ4v) is 3.59. The van der Waals surface area contributed by atoms with E-state index in [1.54, 1.807) is 7.11 Å². The molecule has 26 heavy (non-hydrogen) atoms. The van der Waals surface area contributed by atoms with Crippen LogP contribution in [0.5, 0.6) is 5.75 Å². The predicted molar refractivity (Wildman–Crippen MR) is 97.3 cm³/mol. The summed E-state index contributed by atoms with van der Waals surface area (Å²) in [4.78, 5) is 7.04. The number of para-hydroxylation sites is 1. The van der Waals surface area contributed by atoms with Crippen LogP contribution >= 0.6 is 0 Å². The van der Waals surface area contributed by atoms with Crippen LogP contribution in [0.4, 0.5) is 0 Å². The molecule has 1 aromatic heterocycles. The van der Waals surface area contributed by atoms with Gasteiger partial charge >= 0.3 is 0 Å². The molecule has 2 aromatic rings. The molecule has 0 amide bonds. The number of aryl methyl sites for hydroxylation is 1. The molecule has 0 spiro atoms. The van der Waals surface area contributed by atoms with Crippen LogP contribution < -0.4 is 4.74 Å². The SMILES string of the molecule is CO[C@H]1C[C@H](c2nc(C3CC3)no2)N(CCCOc2ccccc2C)C1. The van der Waals surface area contributed by atoms with Gasteiger partial charge in [-0.15, -0.1) is 0 Å². The van der Waals surface area contributed by atoms with Gasteiger partial charge in [0, 0.05) is 26.1 Å². The molecule has 2 aliphatic rings. The van der Waals surface area contributed by atoms with Crippen LogP contribution in [-0.2, 0) is 4.74 Å². The lowest BCUT2D eigenvalue weighted by Gasteiger charge is -2.21. The third kappa shape index (κ3) is 3.91. The van der Waals surface area contributed by atoms with Gasteiger partial charge in [-0.1, -0.05) is 23.4 Å². The second-order valence-corrected chi connectivity index (χ2v) is 7.34. The Bertz CT molecular complexity index is 729. The molecular weight excluding hydrogens is 330 g/mol. The van der Waals surface area contributed by atoms with Crippen LogP contribution in [0, 0.1) is 6.92 Å². The highest BCUT2D eigenvalue weighted by Crippen LogP contribution is 2.40. The number of hydrogen-bond acceptors (Lipinski definition) is 6. The van der Waals surface area contributed by atoms with Gasteiger partial charge in [-0.05, 0) is 44.2 Å². The van der Waals surface area contributed by atoms with Gasteiger partial charge in [0.25, 0.3) is 0 Å². The van der Waals surface area contributed by atoms with Gasteiger partial charge in [-0.25, -0.2) is 0 Å². The van der Waals surface area contributed by atoms with Crippen molar-refractivity contribution in [2.24, 2.45) is 0 Å². The van der Waals surface area contributed by atoms with Crippen molar-refractivity contribution in [2.75, 3.05) is 26.8 Å². The quantitative estimate of drug-likeness (QED) is 0.674. The highest BCUT2D eigenvalue weighted by molar-refractivity contribution is 5.31. The monoisotopic (exact) mass is 357 g/mol. The Balaban J connectivity index is 1.33. The molecule has 1 saturated carbocycles. The second kappa shape index (κ2) is 7.76. The summed E-state index contributed by atoms with van der Waals surface area (Å²) in [5.74, 6) is 3.10. The van der Waals surface area contributed by atoms with Crippen molar-refractivity contribution in [1.82, 2.24) is 15.0 Å². The van der Waals surface area contributed by atoms with E-state index >= 15 is 0 Å². The van der Waals surface area contributed by atoms with E-state index in [0.29, 0.717) is 12.5 Å². The first-order chi connectivity index (χ1) is 12.7. The normalized spacial score (nSPS) is 23.5. The second-order valence-electron chi connectivity index (χ2n) is 7.34. The number of methoxy groups -OCH3 is 1. The van der Waals surface area contributed by atoms with E-state index in [0.717, 1.165) is 43.4 Å². The Morgan fingerprint density at radius 3 is 2.88 bits per heavy atom. The molecule has 0 N–H and O–H groups in total. The topological polar surface area (TPSA) is 60.6 Å². The van der Waals surface area contributed by atoms with E-state index < -0.39 is 0 Å². The highest BCUT2D eigenvalue weighted by atomic mass is 16.5. The Hall–Kier alpha value is -1.92. The lowest BCUT2D eigenvalue weighted by Crippen LogP contribution is -2.27. The maximum Gasteiger partial charge on any atom is 0.244 e. The molecule has 1 aliphatic carbocycles. The van der Waals surface area contributed by atoms with Gasteiger partial charge in [0.1, 0.15) is 5.75 Å². The van der Waals surface area contributed by atoms with Crippen LogP contribution in [0.3, 0.4) is 0 Å². The first-order valence-corrected chi connectivity index (χ1v) is 9.53. The number of aromatic nitrogens is 2. The maximum absolute atomic E-state index is 5.93. The zero-order valence-corrected chi connectivity index (χ0v) is 15.6. The molecule has 6 nitrogen and oxygen atoms in total. The standard InChI is InChI=1S/C20H27N3O3/c1-14-6-3-4-7-18(14)25-11-5-10-23-13-16(24-2)12-17(23)20-21-19(22-26-20)15-8-9-15/h3-4,6-7,15-17H,5,8-13H2,1-2H3/t16-,17+/m0/s1. The van der Waals surface area contributed by atoms with Crippen LogP contribution in [0.25, 0.3) is 0 Å². The minimum Gasteiger partial charge on any atom is -0.493 e. The Labute approximate surface area is 154 Å². The van der Waals surface area contributed by atoms with Gasteiger partial charge in [-0.3, -0.25) is 4.90 Å². The van der Waals surface area contributed by atoms with Crippen molar-refractivity contribution in [1.29, 1.82) is 0 Å². The van der Waals surface area contributed by atoms with Gasteiger partial charge in [0.05, 0.1) is 18.8 Å². The first kappa shape index (κ1) is 17.5. The van der Waals surface area contributed by atoms with Crippen LogP contribution in [-0.4, -0.2) is 48.0 Å². The molecule has 2 fully saturated rings. The van der Waals surface area contributed by atoms with Crippen LogP contribution in [0.2, 0.25) is 0 Å². The minimum atomic E-state index is 0.151. The highest BCUT2D eigenvalue weighted by Gasteiger charge is 2.38. The number of nitrogens with zero attached hydrogens (tertiary/aromatic N) is 3. The summed E-state index contributed by atoms with van der Waals surface area (Å²) in [6.45, 7) is 4.59. The van der Waals surface area contributed by atoms with Gasteiger partial charge < -0.3 is 14.0 Å². The fourth-order valence-electron chi connectivity index (χ4n) is 3.59. The maximum atomic E-state index is 5.93. The predicted octanol–water partition coefficient (Wildman–Crippen LogP) is 3.49. The number of hydrogen-bond donors (Lipinski definition) is 0. The first-order valence-electron chi connectivity index (χ1n) is 9.53. The Morgan fingerprint density at radius 1 is 1.27 bits per heavy atom.